The van der Waals surface area contributed by atoms with Gasteiger partial charge in [0.05, 0.1) is 5.60 Å². The Morgan fingerprint density at radius 2 is 1.69 bits per heavy atom. The van der Waals surface area contributed by atoms with Crippen LogP contribution in [-0.4, -0.2) is 10.7 Å². The van der Waals surface area contributed by atoms with Crippen molar-refractivity contribution in [1.82, 2.24) is 0 Å². The van der Waals surface area contributed by atoms with Crippen LogP contribution in [0.5, 0.6) is 0 Å². The summed E-state index contributed by atoms with van der Waals surface area (Å²) in [5.41, 5.74) is 0.938. The molecule has 0 aliphatic heterocycles. The summed E-state index contributed by atoms with van der Waals surface area (Å²) in [6.07, 6.45) is 7.56. The molecule has 88 valence electrons. The molecule has 0 saturated heterocycles. The first kappa shape index (κ1) is 12.1. The van der Waals surface area contributed by atoms with E-state index >= 15 is 0 Å². The first-order valence-corrected chi connectivity index (χ1v) is 6.94. The molecule has 0 spiro atoms. The Balaban J connectivity index is 1.88. The van der Waals surface area contributed by atoms with Crippen LogP contribution >= 0.6 is 15.9 Å². The maximum atomic E-state index is 10.4. The minimum absolute atomic E-state index is 0.384. The van der Waals surface area contributed by atoms with Crippen molar-refractivity contribution in [2.45, 2.75) is 50.5 Å². The molecule has 0 unspecified atom stereocenters. The molecule has 0 heterocycles. The van der Waals surface area contributed by atoms with Crippen LogP contribution < -0.4 is 0 Å². The van der Waals surface area contributed by atoms with Gasteiger partial charge < -0.3 is 5.11 Å². The lowest BCUT2D eigenvalue weighted by Crippen LogP contribution is -2.31. The van der Waals surface area contributed by atoms with E-state index in [4.69, 9.17) is 0 Å². The van der Waals surface area contributed by atoms with Gasteiger partial charge in [0.1, 0.15) is 0 Å². The minimum Gasteiger partial charge on any atom is -0.390 e. The first-order chi connectivity index (χ1) is 7.68. The third-order valence-electron chi connectivity index (χ3n) is 3.58. The normalized spacial score (nSPS) is 19.6. The molecular weight excluding hydrogens is 264 g/mol. The zero-order valence-corrected chi connectivity index (χ0v) is 11.2. The molecule has 1 aromatic carbocycles. The number of rotatable bonds is 3. The van der Waals surface area contributed by atoms with Crippen molar-refractivity contribution in [2.75, 3.05) is 0 Å². The van der Waals surface area contributed by atoms with E-state index < -0.39 is 0 Å². The minimum atomic E-state index is -0.384. The largest absolute Gasteiger partial charge is 0.390 e. The maximum absolute atomic E-state index is 10.4. The standard InChI is InChI=1S/C14H19BrO/c15-13-6-4-12(5-7-13)8-11-14(16)9-2-1-3-10-14/h4-7,16H,1-3,8-11H2. The molecule has 16 heavy (non-hydrogen) atoms. The second-order valence-corrected chi connectivity index (χ2v) is 5.83. The van der Waals surface area contributed by atoms with E-state index in [1.165, 1.54) is 24.8 Å². The van der Waals surface area contributed by atoms with E-state index in [0.29, 0.717) is 0 Å². The van der Waals surface area contributed by atoms with Gasteiger partial charge in [0.15, 0.2) is 0 Å². The van der Waals surface area contributed by atoms with Crippen molar-refractivity contribution in [3.8, 4) is 0 Å². The molecule has 0 atom stereocenters. The molecule has 2 rings (SSSR count). The van der Waals surface area contributed by atoms with Crippen molar-refractivity contribution in [3.05, 3.63) is 34.3 Å². The van der Waals surface area contributed by atoms with Crippen LogP contribution in [0, 0.1) is 0 Å². The van der Waals surface area contributed by atoms with Crippen LogP contribution in [-0.2, 0) is 6.42 Å². The highest BCUT2D eigenvalue weighted by Gasteiger charge is 2.28. The molecular formula is C14H19BrO. The third kappa shape index (κ3) is 3.33. The Kier molecular flexibility index (Phi) is 4.04. The van der Waals surface area contributed by atoms with Crippen molar-refractivity contribution in [1.29, 1.82) is 0 Å². The molecule has 1 nitrogen and oxygen atoms in total. The molecule has 1 aromatic rings. The first-order valence-electron chi connectivity index (χ1n) is 6.15. The quantitative estimate of drug-likeness (QED) is 0.886. The average molecular weight is 283 g/mol. The van der Waals surface area contributed by atoms with Crippen LogP contribution in [0.25, 0.3) is 0 Å². The van der Waals surface area contributed by atoms with E-state index in [-0.39, 0.29) is 5.60 Å². The van der Waals surface area contributed by atoms with Gasteiger partial charge >= 0.3 is 0 Å². The second kappa shape index (κ2) is 5.33. The average Bonchev–Trinajstić information content (AvgIpc) is 2.29. The SMILES string of the molecule is OC1(CCc2ccc(Br)cc2)CCCCC1. The van der Waals surface area contributed by atoms with Gasteiger partial charge in [-0.15, -0.1) is 0 Å². The number of aryl methyl sites for hydroxylation is 1. The predicted molar refractivity (Wildman–Crippen MR) is 70.5 cm³/mol. The number of hydrogen-bond acceptors (Lipinski definition) is 1. The zero-order valence-electron chi connectivity index (χ0n) is 9.58. The molecule has 1 N–H and O–H groups in total. The highest BCUT2D eigenvalue weighted by molar-refractivity contribution is 9.10. The molecule has 0 bridgehead atoms. The van der Waals surface area contributed by atoms with Gasteiger partial charge in [0.2, 0.25) is 0 Å². The lowest BCUT2D eigenvalue weighted by Gasteiger charge is -2.32. The van der Waals surface area contributed by atoms with Gasteiger partial charge in [-0.2, -0.15) is 0 Å². The van der Waals surface area contributed by atoms with Crippen LogP contribution in [0.2, 0.25) is 0 Å². The number of aliphatic hydroxyl groups is 1. The van der Waals surface area contributed by atoms with Gasteiger partial charge in [-0.3, -0.25) is 0 Å². The lowest BCUT2D eigenvalue weighted by atomic mass is 9.81. The van der Waals surface area contributed by atoms with Gasteiger partial charge in [0, 0.05) is 4.47 Å². The van der Waals surface area contributed by atoms with Crippen molar-refractivity contribution >= 4 is 15.9 Å². The van der Waals surface area contributed by atoms with E-state index in [1.54, 1.807) is 0 Å². The molecule has 0 aromatic heterocycles. The highest BCUT2D eigenvalue weighted by Crippen LogP contribution is 2.31. The predicted octanol–water partition coefficient (Wildman–Crippen LogP) is 4.08. The third-order valence-corrected chi connectivity index (χ3v) is 4.11. The van der Waals surface area contributed by atoms with Crippen molar-refractivity contribution < 1.29 is 5.11 Å². The monoisotopic (exact) mass is 282 g/mol. The van der Waals surface area contributed by atoms with Gasteiger partial charge in [-0.25, -0.2) is 0 Å². The summed E-state index contributed by atoms with van der Waals surface area (Å²) in [5, 5.41) is 10.4. The Labute approximate surface area is 106 Å². The van der Waals surface area contributed by atoms with Crippen LogP contribution in [0.4, 0.5) is 0 Å². The topological polar surface area (TPSA) is 20.2 Å². The summed E-state index contributed by atoms with van der Waals surface area (Å²) in [4.78, 5) is 0. The fraction of sp³-hybridized carbons (Fsp3) is 0.571. The van der Waals surface area contributed by atoms with Gasteiger partial charge in [-0.1, -0.05) is 47.3 Å². The Hall–Kier alpha value is -0.340. The number of benzene rings is 1. The van der Waals surface area contributed by atoms with Gasteiger partial charge in [0.25, 0.3) is 0 Å². The summed E-state index contributed by atoms with van der Waals surface area (Å²) in [7, 11) is 0. The zero-order chi connectivity index (χ0) is 11.4. The molecule has 1 saturated carbocycles. The van der Waals surface area contributed by atoms with Crippen LogP contribution in [0.3, 0.4) is 0 Å². The molecule has 0 amide bonds. The summed E-state index contributed by atoms with van der Waals surface area (Å²) < 4.78 is 1.12. The van der Waals surface area contributed by atoms with E-state index in [2.05, 4.69) is 40.2 Å². The smallest absolute Gasteiger partial charge is 0.0651 e. The Bertz CT molecular complexity index is 325. The second-order valence-electron chi connectivity index (χ2n) is 4.91. The van der Waals surface area contributed by atoms with Crippen molar-refractivity contribution in [2.24, 2.45) is 0 Å². The summed E-state index contributed by atoms with van der Waals surface area (Å²) in [6, 6.07) is 8.41. The molecule has 0 radical (unpaired) electrons. The maximum Gasteiger partial charge on any atom is 0.0651 e. The molecule has 1 aliphatic rings. The fourth-order valence-corrected chi connectivity index (χ4v) is 2.75. The number of halogens is 1. The molecule has 1 aliphatic carbocycles. The fourth-order valence-electron chi connectivity index (χ4n) is 2.49. The Morgan fingerprint density at radius 3 is 2.31 bits per heavy atom. The Morgan fingerprint density at radius 1 is 1.06 bits per heavy atom. The van der Waals surface area contributed by atoms with E-state index in [9.17, 15) is 5.11 Å². The summed E-state index contributed by atoms with van der Waals surface area (Å²) >= 11 is 3.43. The van der Waals surface area contributed by atoms with E-state index in [1.807, 2.05) is 0 Å². The van der Waals surface area contributed by atoms with Crippen molar-refractivity contribution in [3.63, 3.8) is 0 Å². The van der Waals surface area contributed by atoms with Gasteiger partial charge in [-0.05, 0) is 43.4 Å². The van der Waals surface area contributed by atoms with E-state index in [0.717, 1.165) is 30.2 Å². The summed E-state index contributed by atoms with van der Waals surface area (Å²) in [6.45, 7) is 0. The van der Waals surface area contributed by atoms with Crippen LogP contribution in [0.1, 0.15) is 44.1 Å². The van der Waals surface area contributed by atoms with Crippen LogP contribution in [0.15, 0.2) is 28.7 Å². The molecule has 1 fully saturated rings. The number of hydrogen-bond donors (Lipinski definition) is 1. The molecule has 2 heteroatoms. The highest BCUT2D eigenvalue weighted by atomic mass is 79.9. The summed E-state index contributed by atoms with van der Waals surface area (Å²) in [5.74, 6) is 0. The lowest BCUT2D eigenvalue weighted by molar-refractivity contribution is -0.00341.